The van der Waals surface area contributed by atoms with Crippen LogP contribution in [0.3, 0.4) is 0 Å². The molecule has 0 saturated carbocycles. The van der Waals surface area contributed by atoms with Crippen LogP contribution < -0.4 is 0 Å². The third-order valence-electron chi connectivity index (χ3n) is 0.231. The van der Waals surface area contributed by atoms with Crippen molar-refractivity contribution >= 4 is 45.8 Å². The van der Waals surface area contributed by atoms with Crippen LogP contribution in [0.4, 0.5) is 0 Å². The molecule has 0 aliphatic carbocycles. The predicted molar refractivity (Wildman–Crippen MR) is 31.0 cm³/mol. The number of halogens is 2. The van der Waals surface area contributed by atoms with E-state index in [4.69, 9.17) is 0 Å². The predicted octanol–water partition coefficient (Wildman–Crippen LogP) is 0.645. The Bertz CT molecular complexity index is 101. The molecule has 0 aromatic carbocycles. The fraction of sp³-hybridized carbons (Fsp3) is 0. The first-order valence-electron chi connectivity index (χ1n) is 1.21. The van der Waals surface area contributed by atoms with Crippen molar-refractivity contribution < 1.29 is 12.7 Å². The highest BCUT2D eigenvalue weighted by molar-refractivity contribution is 14.1. The second-order valence-electron chi connectivity index (χ2n) is 0.638. The maximum atomic E-state index is 9.80. The van der Waals surface area contributed by atoms with Crippen molar-refractivity contribution in [2.24, 2.45) is 0 Å². The van der Waals surface area contributed by atoms with Crippen LogP contribution in [0.25, 0.3) is 0 Å². The van der Waals surface area contributed by atoms with Crippen molar-refractivity contribution in [3.8, 4) is 0 Å². The molecule has 0 spiro atoms. The molecule has 0 aliphatic rings. The molecule has 3 nitrogen and oxygen atoms in total. The van der Waals surface area contributed by atoms with Gasteiger partial charge in [0.15, 0.2) is 23.0 Å². The molecule has 5 heteroatoms. The standard InChI is InChI=1S/C2ClIO3/c3-1(5)2(6)7-4. The molecule has 0 heterocycles. The maximum Gasteiger partial charge on any atom is 0.400 e. The molecule has 0 bridgehead atoms. The van der Waals surface area contributed by atoms with E-state index in [0.29, 0.717) is 0 Å². The van der Waals surface area contributed by atoms with Gasteiger partial charge in [0.25, 0.3) is 0 Å². The molecule has 0 N–H and O–H groups in total. The minimum Gasteiger partial charge on any atom is -0.388 e. The third-order valence-corrected chi connectivity index (χ3v) is 0.785. The van der Waals surface area contributed by atoms with E-state index in [0.717, 1.165) is 0 Å². The molecule has 0 radical (unpaired) electrons. The van der Waals surface area contributed by atoms with E-state index in [-0.39, 0.29) is 0 Å². The Morgan fingerprint density at radius 2 is 2.00 bits per heavy atom. The number of carbonyl (C=O) groups excluding carboxylic acids is 2. The SMILES string of the molecule is O=C(Cl)C(=O)OI. The van der Waals surface area contributed by atoms with E-state index in [9.17, 15) is 9.59 Å². The average Bonchev–Trinajstić information content (AvgIpc) is 1.65. The molecule has 7 heavy (non-hydrogen) atoms. The van der Waals surface area contributed by atoms with Crippen LogP contribution in [0, 0.1) is 0 Å². The van der Waals surface area contributed by atoms with Gasteiger partial charge in [0.05, 0.1) is 0 Å². The van der Waals surface area contributed by atoms with Crippen LogP contribution in [0.5, 0.6) is 0 Å². The Hall–Kier alpha value is 0.160. The Morgan fingerprint density at radius 1 is 1.57 bits per heavy atom. The fourth-order valence-electron chi connectivity index (χ4n) is 0.0303. The highest BCUT2D eigenvalue weighted by Gasteiger charge is 2.08. The topological polar surface area (TPSA) is 43.4 Å². The summed E-state index contributed by atoms with van der Waals surface area (Å²) in [7, 11) is 0. The molecule has 0 aromatic rings. The number of hydrogen-bond donors (Lipinski definition) is 0. The zero-order chi connectivity index (χ0) is 5.86. The maximum absolute atomic E-state index is 9.80. The molecule has 0 aromatic heterocycles. The summed E-state index contributed by atoms with van der Waals surface area (Å²) in [6, 6.07) is 0. The van der Waals surface area contributed by atoms with Gasteiger partial charge in [0.2, 0.25) is 0 Å². The molecule has 0 aliphatic heterocycles. The van der Waals surface area contributed by atoms with Crippen LogP contribution in [0.15, 0.2) is 0 Å². The van der Waals surface area contributed by atoms with Crippen molar-refractivity contribution in [3.05, 3.63) is 0 Å². The quantitative estimate of drug-likeness (QED) is 0.380. The summed E-state index contributed by atoms with van der Waals surface area (Å²) in [5, 5.41) is -1.10. The Kier molecular flexibility index (Phi) is 3.27. The Balaban J connectivity index is 3.58. The third kappa shape index (κ3) is 2.81. The van der Waals surface area contributed by atoms with Crippen molar-refractivity contribution in [2.45, 2.75) is 0 Å². The van der Waals surface area contributed by atoms with Crippen molar-refractivity contribution in [1.29, 1.82) is 0 Å². The molecule has 40 valence electrons. The van der Waals surface area contributed by atoms with Gasteiger partial charge < -0.3 is 3.07 Å². The molecule has 0 amide bonds. The van der Waals surface area contributed by atoms with Crippen LogP contribution in [-0.2, 0) is 12.7 Å². The summed E-state index contributed by atoms with van der Waals surface area (Å²) in [6.07, 6.45) is 0. The summed E-state index contributed by atoms with van der Waals surface area (Å²) in [5.74, 6) is -1.04. The normalized spacial score (nSPS) is 7.71. The van der Waals surface area contributed by atoms with E-state index in [1.165, 1.54) is 23.0 Å². The van der Waals surface area contributed by atoms with Crippen molar-refractivity contribution in [1.82, 2.24) is 0 Å². The molecule has 0 fully saturated rings. The number of carbonyl (C=O) groups is 2. The highest BCUT2D eigenvalue weighted by Crippen LogP contribution is 1.90. The van der Waals surface area contributed by atoms with Crippen LogP contribution >= 0.6 is 34.6 Å². The number of hydrogen-bond acceptors (Lipinski definition) is 3. The molecule has 0 unspecified atom stereocenters. The fourth-order valence-corrected chi connectivity index (χ4v) is 0.399. The summed E-state index contributed by atoms with van der Waals surface area (Å²) in [6.45, 7) is 0. The van der Waals surface area contributed by atoms with Gasteiger partial charge in [0, 0.05) is 0 Å². The first-order chi connectivity index (χ1) is 3.18. The second-order valence-corrected chi connectivity index (χ2v) is 1.42. The summed E-state index contributed by atoms with van der Waals surface area (Å²) in [4.78, 5) is 19.5. The molecular weight excluding hydrogens is 234 g/mol. The summed E-state index contributed by atoms with van der Waals surface area (Å²) < 4.78 is 3.86. The zero-order valence-corrected chi connectivity index (χ0v) is 5.89. The minimum atomic E-state index is -1.10. The van der Waals surface area contributed by atoms with Crippen LogP contribution in [-0.4, -0.2) is 11.2 Å². The van der Waals surface area contributed by atoms with Gasteiger partial charge in [-0.15, -0.1) is 0 Å². The van der Waals surface area contributed by atoms with Gasteiger partial charge in [-0.25, -0.2) is 4.79 Å². The van der Waals surface area contributed by atoms with Crippen LogP contribution in [0.1, 0.15) is 0 Å². The largest absolute Gasteiger partial charge is 0.400 e. The lowest BCUT2D eigenvalue weighted by atomic mass is 10.8. The van der Waals surface area contributed by atoms with E-state index < -0.39 is 11.2 Å². The zero-order valence-electron chi connectivity index (χ0n) is 2.98. The first kappa shape index (κ1) is 7.16. The van der Waals surface area contributed by atoms with E-state index in [2.05, 4.69) is 14.7 Å². The smallest absolute Gasteiger partial charge is 0.388 e. The lowest BCUT2D eigenvalue weighted by Crippen LogP contribution is -2.04. The molecule has 0 saturated heterocycles. The van der Waals surface area contributed by atoms with E-state index >= 15 is 0 Å². The molecular formula is C2ClIO3. The van der Waals surface area contributed by atoms with E-state index in [1.807, 2.05) is 0 Å². The number of rotatable bonds is 1. The summed E-state index contributed by atoms with van der Waals surface area (Å²) in [5.41, 5.74) is 0. The lowest BCUT2D eigenvalue weighted by Gasteiger charge is -1.81. The van der Waals surface area contributed by atoms with Gasteiger partial charge in [-0.05, 0) is 11.6 Å². The Morgan fingerprint density at radius 3 is 2.00 bits per heavy atom. The van der Waals surface area contributed by atoms with E-state index in [1.54, 1.807) is 0 Å². The van der Waals surface area contributed by atoms with Gasteiger partial charge in [-0.3, -0.25) is 4.79 Å². The monoisotopic (exact) mass is 234 g/mol. The summed E-state index contributed by atoms with van der Waals surface area (Å²) >= 11 is 5.88. The Labute approximate surface area is 58.7 Å². The molecule has 0 atom stereocenters. The minimum absolute atomic E-state index is 1.04. The van der Waals surface area contributed by atoms with Crippen molar-refractivity contribution in [3.63, 3.8) is 0 Å². The first-order valence-corrected chi connectivity index (χ1v) is 2.46. The molecule has 0 rings (SSSR count). The highest BCUT2D eigenvalue weighted by atomic mass is 127. The average molecular weight is 234 g/mol. The van der Waals surface area contributed by atoms with Gasteiger partial charge in [-0.2, -0.15) is 0 Å². The van der Waals surface area contributed by atoms with Crippen LogP contribution in [0.2, 0.25) is 0 Å². The van der Waals surface area contributed by atoms with Gasteiger partial charge in [-0.1, -0.05) is 0 Å². The van der Waals surface area contributed by atoms with Gasteiger partial charge in [0.1, 0.15) is 0 Å². The van der Waals surface area contributed by atoms with Crippen molar-refractivity contribution in [2.75, 3.05) is 0 Å². The second kappa shape index (κ2) is 3.20. The van der Waals surface area contributed by atoms with Gasteiger partial charge >= 0.3 is 11.2 Å². The lowest BCUT2D eigenvalue weighted by molar-refractivity contribution is -0.140.